The topological polar surface area (TPSA) is 15.8 Å². The van der Waals surface area contributed by atoms with Gasteiger partial charge in [-0.25, -0.2) is 0 Å². The molecule has 1 unspecified atom stereocenters. The average Bonchev–Trinajstić information content (AvgIpc) is 2.59. The van der Waals surface area contributed by atoms with Crippen molar-refractivity contribution in [1.29, 1.82) is 0 Å². The van der Waals surface area contributed by atoms with E-state index >= 15 is 0 Å². The normalized spacial score (nSPS) is 14.9. The number of nitrogens with one attached hydrogen (secondary N) is 1. The summed E-state index contributed by atoms with van der Waals surface area (Å²) >= 11 is 3.70. The van der Waals surface area contributed by atoms with E-state index in [1.807, 2.05) is 0 Å². The summed E-state index contributed by atoms with van der Waals surface area (Å²) < 4.78 is 1.25. The highest BCUT2D eigenvalue weighted by Gasteiger charge is 2.28. The van der Waals surface area contributed by atoms with Crippen LogP contribution in [0.5, 0.6) is 0 Å². The molecule has 1 rings (SSSR count). The second kappa shape index (κ2) is 6.63. The van der Waals surface area contributed by atoms with Crippen LogP contribution in [0.3, 0.4) is 0 Å². The summed E-state index contributed by atoms with van der Waals surface area (Å²) in [5.74, 6) is 0. The molecule has 0 radical (unpaired) electrons. The third-order valence-electron chi connectivity index (χ3n) is 3.64. The van der Waals surface area contributed by atoms with Crippen LogP contribution in [0, 0.1) is 6.92 Å². The number of aromatic nitrogens is 1. The maximum absolute atomic E-state index is 3.70. The van der Waals surface area contributed by atoms with Crippen LogP contribution in [0.2, 0.25) is 0 Å². The van der Waals surface area contributed by atoms with E-state index in [4.69, 9.17) is 0 Å². The first-order valence-corrected chi connectivity index (χ1v) is 7.68. The molecule has 1 aromatic rings. The fourth-order valence-electron chi connectivity index (χ4n) is 2.69. The van der Waals surface area contributed by atoms with Crippen molar-refractivity contribution in [2.45, 2.75) is 71.6 Å². The minimum absolute atomic E-state index is 0.303. The third kappa shape index (κ3) is 3.87. The van der Waals surface area contributed by atoms with Crippen LogP contribution in [-0.2, 0) is 5.41 Å². The zero-order chi connectivity index (χ0) is 12.9. The summed E-state index contributed by atoms with van der Waals surface area (Å²) in [5.41, 5.74) is 2.95. The Balaban J connectivity index is 2.86. The Bertz CT molecular complexity index is 343. The molecule has 0 bridgehead atoms. The van der Waals surface area contributed by atoms with Crippen LogP contribution >= 0.6 is 15.9 Å². The van der Waals surface area contributed by atoms with E-state index in [-0.39, 0.29) is 0 Å². The maximum Gasteiger partial charge on any atom is 0.0390 e. The van der Waals surface area contributed by atoms with Crippen molar-refractivity contribution in [3.05, 3.63) is 21.9 Å². The van der Waals surface area contributed by atoms with Gasteiger partial charge in [-0.3, -0.25) is 0 Å². The van der Waals surface area contributed by atoms with Crippen LogP contribution < -0.4 is 0 Å². The fraction of sp³-hybridized carbons (Fsp3) is 0.733. The van der Waals surface area contributed by atoms with E-state index in [2.05, 4.69) is 54.7 Å². The summed E-state index contributed by atoms with van der Waals surface area (Å²) in [5, 5.41) is 0. The first-order valence-electron chi connectivity index (χ1n) is 6.89. The molecule has 2 heteroatoms. The molecule has 0 aliphatic rings. The molecule has 1 N–H and O–H groups in total. The molecule has 1 heterocycles. The van der Waals surface area contributed by atoms with E-state index in [0.29, 0.717) is 5.41 Å². The van der Waals surface area contributed by atoms with Gasteiger partial charge >= 0.3 is 0 Å². The molecule has 1 aromatic heterocycles. The van der Waals surface area contributed by atoms with E-state index in [0.717, 1.165) is 0 Å². The van der Waals surface area contributed by atoms with Gasteiger partial charge in [0.1, 0.15) is 0 Å². The Hall–Kier alpha value is -0.240. The molecule has 0 saturated heterocycles. The molecule has 0 spiro atoms. The van der Waals surface area contributed by atoms with Crippen molar-refractivity contribution in [1.82, 2.24) is 4.98 Å². The second-order valence-electron chi connectivity index (χ2n) is 5.44. The first-order chi connectivity index (χ1) is 8.03. The zero-order valence-corrected chi connectivity index (χ0v) is 13.3. The molecule has 0 saturated carbocycles. The van der Waals surface area contributed by atoms with Gasteiger partial charge in [0.25, 0.3) is 0 Å². The Morgan fingerprint density at radius 3 is 2.35 bits per heavy atom. The first kappa shape index (κ1) is 14.8. The number of H-pyrrole nitrogens is 1. The van der Waals surface area contributed by atoms with Crippen LogP contribution in [0.4, 0.5) is 0 Å². The highest BCUT2D eigenvalue weighted by atomic mass is 79.9. The summed E-state index contributed by atoms with van der Waals surface area (Å²) in [6.07, 6.45) is 7.76. The molecule has 0 amide bonds. The second-order valence-corrected chi connectivity index (χ2v) is 6.30. The predicted octanol–water partition coefficient (Wildman–Crippen LogP) is 5.72. The Morgan fingerprint density at radius 1 is 1.18 bits per heavy atom. The van der Waals surface area contributed by atoms with Gasteiger partial charge in [-0.1, -0.05) is 46.5 Å². The van der Waals surface area contributed by atoms with Crippen molar-refractivity contribution >= 4 is 15.9 Å². The molecule has 0 fully saturated rings. The van der Waals surface area contributed by atoms with Crippen LogP contribution in [0.15, 0.2) is 10.5 Å². The molecule has 98 valence electrons. The fourth-order valence-corrected chi connectivity index (χ4v) is 3.61. The summed E-state index contributed by atoms with van der Waals surface area (Å²) in [7, 11) is 0. The Labute approximate surface area is 115 Å². The highest BCUT2D eigenvalue weighted by molar-refractivity contribution is 9.10. The predicted molar refractivity (Wildman–Crippen MR) is 79.6 cm³/mol. The molecule has 0 aromatic carbocycles. The van der Waals surface area contributed by atoms with Gasteiger partial charge in [0.05, 0.1) is 0 Å². The van der Waals surface area contributed by atoms with E-state index < -0.39 is 0 Å². The van der Waals surface area contributed by atoms with Crippen molar-refractivity contribution in [3.8, 4) is 0 Å². The number of hydrogen-bond acceptors (Lipinski definition) is 0. The number of unbranched alkanes of at least 4 members (excludes halogenated alkanes) is 2. The molecule has 0 aliphatic carbocycles. The average molecular weight is 300 g/mol. The summed E-state index contributed by atoms with van der Waals surface area (Å²) in [6, 6.07) is 2.20. The van der Waals surface area contributed by atoms with Gasteiger partial charge in [-0.2, -0.15) is 0 Å². The van der Waals surface area contributed by atoms with E-state index in [9.17, 15) is 0 Å². The molecule has 17 heavy (non-hydrogen) atoms. The van der Waals surface area contributed by atoms with Crippen LogP contribution in [-0.4, -0.2) is 4.98 Å². The monoisotopic (exact) mass is 299 g/mol. The summed E-state index contributed by atoms with van der Waals surface area (Å²) in [4.78, 5) is 3.55. The van der Waals surface area contributed by atoms with Crippen molar-refractivity contribution in [2.75, 3.05) is 0 Å². The highest BCUT2D eigenvalue weighted by Crippen LogP contribution is 2.38. The molecule has 1 atom stereocenters. The van der Waals surface area contributed by atoms with Gasteiger partial charge in [0.15, 0.2) is 0 Å². The van der Waals surface area contributed by atoms with Crippen molar-refractivity contribution in [3.63, 3.8) is 0 Å². The number of hydrogen-bond donors (Lipinski definition) is 1. The molecule has 0 aliphatic heterocycles. The van der Waals surface area contributed by atoms with Crippen LogP contribution in [0.25, 0.3) is 0 Å². The quantitative estimate of drug-likeness (QED) is 0.619. The molecule has 1 nitrogen and oxygen atoms in total. The lowest BCUT2D eigenvalue weighted by Gasteiger charge is -2.29. The van der Waals surface area contributed by atoms with Crippen molar-refractivity contribution in [2.24, 2.45) is 0 Å². The SMILES string of the molecule is CCCCCC(C)(CCC)c1[nH]c(C)cc1Br. The van der Waals surface area contributed by atoms with Gasteiger partial charge < -0.3 is 4.98 Å². The minimum atomic E-state index is 0.303. The molecular formula is C15H26BrN. The largest absolute Gasteiger partial charge is 0.361 e. The Kier molecular flexibility index (Phi) is 5.78. The lowest BCUT2D eigenvalue weighted by atomic mass is 9.78. The van der Waals surface area contributed by atoms with E-state index in [1.54, 1.807) is 0 Å². The minimum Gasteiger partial charge on any atom is -0.361 e. The molecular weight excluding hydrogens is 274 g/mol. The lowest BCUT2D eigenvalue weighted by Crippen LogP contribution is -2.23. The number of halogens is 1. The number of aryl methyl sites for hydroxylation is 1. The van der Waals surface area contributed by atoms with Gasteiger partial charge in [0, 0.05) is 21.3 Å². The van der Waals surface area contributed by atoms with Gasteiger partial charge in [-0.05, 0) is 41.8 Å². The number of rotatable bonds is 7. The number of aromatic amines is 1. The zero-order valence-electron chi connectivity index (χ0n) is 11.7. The van der Waals surface area contributed by atoms with E-state index in [1.165, 1.54) is 54.4 Å². The standard InChI is InChI=1S/C15H26BrN/c1-5-7-8-10-15(4,9-6-2)14-13(16)11-12(3)17-14/h11,17H,5-10H2,1-4H3. The summed E-state index contributed by atoms with van der Waals surface area (Å²) in [6.45, 7) is 9.09. The third-order valence-corrected chi connectivity index (χ3v) is 4.27. The van der Waals surface area contributed by atoms with Crippen LogP contribution in [0.1, 0.15) is 70.7 Å². The van der Waals surface area contributed by atoms with Crippen molar-refractivity contribution < 1.29 is 0 Å². The van der Waals surface area contributed by atoms with Gasteiger partial charge in [0.2, 0.25) is 0 Å². The smallest absolute Gasteiger partial charge is 0.0390 e. The lowest BCUT2D eigenvalue weighted by molar-refractivity contribution is 0.369. The van der Waals surface area contributed by atoms with Gasteiger partial charge in [-0.15, -0.1) is 0 Å². The Morgan fingerprint density at radius 2 is 1.88 bits per heavy atom. The maximum atomic E-state index is 3.70.